The second-order valence-electron chi connectivity index (χ2n) is 4.79. The van der Waals surface area contributed by atoms with Crippen molar-refractivity contribution in [2.24, 2.45) is 5.73 Å². The lowest BCUT2D eigenvalue weighted by Crippen LogP contribution is -2.65. The summed E-state index contributed by atoms with van der Waals surface area (Å²) in [4.78, 5) is 27.2. The fourth-order valence-corrected chi connectivity index (χ4v) is 1.97. The number of amides is 2. The van der Waals surface area contributed by atoms with Crippen LogP contribution in [0.5, 0.6) is 0 Å². The Hall–Kier alpha value is -1.10. The highest BCUT2D eigenvalue weighted by Gasteiger charge is 2.43. The van der Waals surface area contributed by atoms with Gasteiger partial charge in [-0.05, 0) is 20.3 Å². The van der Waals surface area contributed by atoms with E-state index in [4.69, 9.17) is 5.73 Å². The van der Waals surface area contributed by atoms with Gasteiger partial charge in [0.05, 0.1) is 6.04 Å². The fraction of sp³-hybridized carbons (Fsp3) is 0.818. The molecular formula is C11H21N3O2. The third-order valence-electron chi connectivity index (χ3n) is 3.23. The molecule has 0 aromatic heterocycles. The van der Waals surface area contributed by atoms with E-state index in [0.717, 1.165) is 0 Å². The first-order chi connectivity index (χ1) is 7.32. The summed E-state index contributed by atoms with van der Waals surface area (Å²) in [5, 5.41) is 0. The number of rotatable bonds is 2. The molecule has 5 heteroatoms. The van der Waals surface area contributed by atoms with E-state index in [1.54, 1.807) is 30.7 Å². The number of hydrogen-bond acceptors (Lipinski definition) is 3. The molecule has 92 valence electrons. The van der Waals surface area contributed by atoms with E-state index in [0.29, 0.717) is 19.5 Å². The van der Waals surface area contributed by atoms with Gasteiger partial charge in [0.1, 0.15) is 5.54 Å². The highest BCUT2D eigenvalue weighted by Crippen LogP contribution is 2.22. The SMILES string of the molecule is CCC(N)C(=O)N1CCN(C)C(=O)C1(C)C. The van der Waals surface area contributed by atoms with Gasteiger partial charge >= 0.3 is 0 Å². The maximum atomic E-state index is 12.0. The summed E-state index contributed by atoms with van der Waals surface area (Å²) in [5.41, 5.74) is 4.95. The average molecular weight is 227 g/mol. The Balaban J connectivity index is 2.90. The van der Waals surface area contributed by atoms with Gasteiger partial charge in [0.2, 0.25) is 11.8 Å². The molecule has 0 aliphatic carbocycles. The number of hydrogen-bond donors (Lipinski definition) is 1. The summed E-state index contributed by atoms with van der Waals surface area (Å²) in [7, 11) is 1.76. The third kappa shape index (κ3) is 2.04. The number of carbonyl (C=O) groups excluding carboxylic acids is 2. The van der Waals surface area contributed by atoms with Crippen molar-refractivity contribution in [3.05, 3.63) is 0 Å². The zero-order chi connectivity index (χ0) is 12.5. The van der Waals surface area contributed by atoms with Crippen molar-refractivity contribution < 1.29 is 9.59 Å². The van der Waals surface area contributed by atoms with Gasteiger partial charge in [0.25, 0.3) is 0 Å². The van der Waals surface area contributed by atoms with Crippen LogP contribution in [0.3, 0.4) is 0 Å². The van der Waals surface area contributed by atoms with Crippen molar-refractivity contribution in [2.75, 3.05) is 20.1 Å². The number of carbonyl (C=O) groups is 2. The van der Waals surface area contributed by atoms with E-state index in [1.807, 2.05) is 6.92 Å². The average Bonchev–Trinajstić information content (AvgIpc) is 2.24. The molecule has 1 heterocycles. The molecule has 0 radical (unpaired) electrons. The lowest BCUT2D eigenvalue weighted by Gasteiger charge is -2.45. The van der Waals surface area contributed by atoms with E-state index >= 15 is 0 Å². The van der Waals surface area contributed by atoms with Crippen LogP contribution in [0.1, 0.15) is 27.2 Å². The number of piperazine rings is 1. The van der Waals surface area contributed by atoms with Crippen molar-refractivity contribution in [3.8, 4) is 0 Å². The Labute approximate surface area is 96.6 Å². The predicted octanol–water partition coefficient (Wildman–Crippen LogP) is -0.197. The van der Waals surface area contributed by atoms with Crippen LogP contribution < -0.4 is 5.73 Å². The monoisotopic (exact) mass is 227 g/mol. The summed E-state index contributed by atoms with van der Waals surface area (Å²) in [6.07, 6.45) is 0.593. The van der Waals surface area contributed by atoms with Crippen LogP contribution in [-0.2, 0) is 9.59 Å². The van der Waals surface area contributed by atoms with Crippen molar-refractivity contribution in [1.82, 2.24) is 9.80 Å². The summed E-state index contributed by atoms with van der Waals surface area (Å²) < 4.78 is 0. The van der Waals surface area contributed by atoms with Crippen molar-refractivity contribution in [3.63, 3.8) is 0 Å². The zero-order valence-corrected chi connectivity index (χ0v) is 10.5. The van der Waals surface area contributed by atoms with Crippen LogP contribution in [0.2, 0.25) is 0 Å². The molecule has 0 bridgehead atoms. The van der Waals surface area contributed by atoms with Crippen LogP contribution >= 0.6 is 0 Å². The lowest BCUT2D eigenvalue weighted by molar-refractivity contribution is -0.158. The van der Waals surface area contributed by atoms with Crippen LogP contribution in [0, 0.1) is 0 Å². The molecule has 1 saturated heterocycles. The topological polar surface area (TPSA) is 66.6 Å². The standard InChI is InChI=1S/C11H21N3O2/c1-5-8(12)9(15)14-7-6-13(4)10(16)11(14,2)3/h8H,5-7,12H2,1-4H3. The molecule has 1 aliphatic rings. The van der Waals surface area contributed by atoms with E-state index in [9.17, 15) is 9.59 Å². The smallest absolute Gasteiger partial charge is 0.247 e. The van der Waals surface area contributed by atoms with Gasteiger partial charge in [-0.2, -0.15) is 0 Å². The molecule has 1 rings (SSSR count). The molecule has 0 saturated carbocycles. The van der Waals surface area contributed by atoms with Crippen LogP contribution in [-0.4, -0.2) is 53.3 Å². The van der Waals surface area contributed by atoms with E-state index in [-0.39, 0.29) is 11.8 Å². The van der Waals surface area contributed by atoms with Gasteiger partial charge in [0, 0.05) is 20.1 Å². The zero-order valence-electron chi connectivity index (χ0n) is 10.5. The Morgan fingerprint density at radius 1 is 1.50 bits per heavy atom. The first-order valence-electron chi connectivity index (χ1n) is 5.65. The predicted molar refractivity (Wildman–Crippen MR) is 61.7 cm³/mol. The van der Waals surface area contributed by atoms with E-state index in [2.05, 4.69) is 0 Å². The number of nitrogens with two attached hydrogens (primary N) is 1. The van der Waals surface area contributed by atoms with Crippen molar-refractivity contribution in [2.45, 2.75) is 38.8 Å². The summed E-state index contributed by atoms with van der Waals surface area (Å²) in [5.74, 6) is -0.163. The molecule has 1 fully saturated rings. The van der Waals surface area contributed by atoms with Gasteiger partial charge in [-0.1, -0.05) is 6.92 Å². The molecule has 0 spiro atoms. The van der Waals surface area contributed by atoms with Crippen molar-refractivity contribution >= 4 is 11.8 Å². The summed E-state index contributed by atoms with van der Waals surface area (Å²) >= 11 is 0. The number of likely N-dealkylation sites (N-methyl/N-ethyl adjacent to an activating group) is 1. The molecule has 1 unspecified atom stereocenters. The fourth-order valence-electron chi connectivity index (χ4n) is 1.97. The lowest BCUT2D eigenvalue weighted by atomic mass is 9.96. The molecule has 5 nitrogen and oxygen atoms in total. The summed E-state index contributed by atoms with van der Waals surface area (Å²) in [6, 6.07) is -0.504. The maximum absolute atomic E-state index is 12.0. The molecule has 1 aliphatic heterocycles. The Kier molecular flexibility index (Phi) is 3.57. The molecule has 0 aromatic carbocycles. The Bertz CT molecular complexity index is 302. The largest absolute Gasteiger partial charge is 0.342 e. The van der Waals surface area contributed by atoms with Gasteiger partial charge in [-0.3, -0.25) is 9.59 Å². The van der Waals surface area contributed by atoms with Crippen LogP contribution in [0.4, 0.5) is 0 Å². The van der Waals surface area contributed by atoms with Gasteiger partial charge in [0.15, 0.2) is 0 Å². The molecular weight excluding hydrogens is 206 g/mol. The Morgan fingerprint density at radius 2 is 2.06 bits per heavy atom. The van der Waals surface area contributed by atoms with Gasteiger partial charge < -0.3 is 15.5 Å². The second-order valence-corrected chi connectivity index (χ2v) is 4.79. The van der Waals surface area contributed by atoms with E-state index < -0.39 is 11.6 Å². The van der Waals surface area contributed by atoms with Gasteiger partial charge in [-0.15, -0.1) is 0 Å². The molecule has 0 aromatic rings. The minimum atomic E-state index is -0.781. The second kappa shape index (κ2) is 4.41. The minimum Gasteiger partial charge on any atom is -0.342 e. The molecule has 2 amide bonds. The first-order valence-corrected chi connectivity index (χ1v) is 5.65. The van der Waals surface area contributed by atoms with Crippen molar-refractivity contribution in [1.29, 1.82) is 0 Å². The quantitative estimate of drug-likeness (QED) is 0.710. The first kappa shape index (κ1) is 13.0. The summed E-state index contributed by atoms with van der Waals surface area (Å²) in [6.45, 7) is 6.54. The molecule has 16 heavy (non-hydrogen) atoms. The van der Waals surface area contributed by atoms with Gasteiger partial charge in [-0.25, -0.2) is 0 Å². The number of nitrogens with zero attached hydrogens (tertiary/aromatic N) is 2. The highest BCUT2D eigenvalue weighted by atomic mass is 16.2. The minimum absolute atomic E-state index is 0.0320. The molecule has 1 atom stereocenters. The highest BCUT2D eigenvalue weighted by molar-refractivity contribution is 5.93. The van der Waals surface area contributed by atoms with Crippen LogP contribution in [0.25, 0.3) is 0 Å². The van der Waals surface area contributed by atoms with Crippen LogP contribution in [0.15, 0.2) is 0 Å². The normalized spacial score (nSPS) is 22.2. The third-order valence-corrected chi connectivity index (χ3v) is 3.23. The Morgan fingerprint density at radius 3 is 2.56 bits per heavy atom. The maximum Gasteiger partial charge on any atom is 0.247 e. The van der Waals surface area contributed by atoms with E-state index in [1.165, 1.54) is 0 Å². The molecule has 2 N–H and O–H groups in total.